The largest absolute Gasteiger partial charge is 0.354 e. The minimum atomic E-state index is -0.430. The fourth-order valence-electron chi connectivity index (χ4n) is 3.21. The van der Waals surface area contributed by atoms with Gasteiger partial charge in [-0.25, -0.2) is 0 Å². The van der Waals surface area contributed by atoms with Crippen LogP contribution in [0.4, 0.5) is 0 Å². The Hall–Kier alpha value is -2.70. The van der Waals surface area contributed by atoms with Gasteiger partial charge in [0, 0.05) is 31.0 Å². The predicted molar refractivity (Wildman–Crippen MR) is 100 cm³/mol. The molecule has 1 aromatic heterocycles. The lowest BCUT2D eigenvalue weighted by molar-refractivity contribution is -0.126. The third kappa shape index (κ3) is 4.72. The zero-order chi connectivity index (χ0) is 19.2. The number of amides is 2. The summed E-state index contributed by atoms with van der Waals surface area (Å²) in [5.74, 6) is 1.18. The van der Waals surface area contributed by atoms with Gasteiger partial charge >= 0.3 is 0 Å². The number of nitrogens with zero attached hydrogens (tertiary/aromatic N) is 3. The summed E-state index contributed by atoms with van der Waals surface area (Å²) in [6, 6.07) is 8.69. The number of rotatable bonds is 6. The smallest absolute Gasteiger partial charge is 0.254 e. The van der Waals surface area contributed by atoms with Crippen LogP contribution < -0.4 is 5.32 Å². The molecule has 2 aromatic rings. The van der Waals surface area contributed by atoms with E-state index in [0.717, 1.165) is 12.8 Å². The van der Waals surface area contributed by atoms with Gasteiger partial charge < -0.3 is 14.7 Å². The summed E-state index contributed by atoms with van der Waals surface area (Å²) in [7, 11) is 0. The maximum Gasteiger partial charge on any atom is 0.254 e. The van der Waals surface area contributed by atoms with Crippen LogP contribution in [-0.4, -0.2) is 46.0 Å². The molecular weight excluding hydrogens is 344 g/mol. The molecule has 2 amide bonds. The lowest BCUT2D eigenvalue weighted by atomic mass is 10.00. The van der Waals surface area contributed by atoms with E-state index >= 15 is 0 Å². The van der Waals surface area contributed by atoms with E-state index in [9.17, 15) is 9.59 Å². The molecule has 7 nitrogen and oxygen atoms in total. The van der Waals surface area contributed by atoms with E-state index in [0.29, 0.717) is 43.2 Å². The second kappa shape index (κ2) is 8.79. The van der Waals surface area contributed by atoms with Crippen molar-refractivity contribution in [3.05, 3.63) is 47.6 Å². The standard InChI is InChI=1S/C20H26N4O3/c1-14(2)18-22-17(27-23-18)11-12-21-19(25)16-10-6-7-13-24(16)20(26)15-8-4-3-5-9-15/h3-5,8-9,14,16H,6-7,10-13H2,1-2H3,(H,21,25)/t16-/m0/s1. The fraction of sp³-hybridized carbons (Fsp3) is 0.500. The van der Waals surface area contributed by atoms with Gasteiger partial charge in [0.25, 0.3) is 5.91 Å². The van der Waals surface area contributed by atoms with Crippen LogP contribution in [0.25, 0.3) is 0 Å². The molecule has 1 N–H and O–H groups in total. The van der Waals surface area contributed by atoms with Crippen molar-refractivity contribution in [1.29, 1.82) is 0 Å². The number of likely N-dealkylation sites (tertiary alicyclic amines) is 1. The van der Waals surface area contributed by atoms with Crippen molar-refractivity contribution in [2.75, 3.05) is 13.1 Å². The highest BCUT2D eigenvalue weighted by Gasteiger charge is 2.32. The zero-order valence-electron chi connectivity index (χ0n) is 15.9. The minimum Gasteiger partial charge on any atom is -0.354 e. The number of carbonyl (C=O) groups is 2. The van der Waals surface area contributed by atoms with Crippen molar-refractivity contribution < 1.29 is 14.1 Å². The molecule has 0 saturated carbocycles. The number of benzene rings is 1. The second-order valence-corrected chi connectivity index (χ2v) is 7.12. The maximum absolute atomic E-state index is 12.8. The van der Waals surface area contributed by atoms with Gasteiger partial charge in [0.1, 0.15) is 6.04 Å². The van der Waals surface area contributed by atoms with Gasteiger partial charge in [-0.3, -0.25) is 9.59 Å². The lowest BCUT2D eigenvalue weighted by Gasteiger charge is -2.34. The van der Waals surface area contributed by atoms with Crippen LogP contribution in [-0.2, 0) is 11.2 Å². The highest BCUT2D eigenvalue weighted by Crippen LogP contribution is 2.20. The zero-order valence-corrected chi connectivity index (χ0v) is 15.9. The first-order chi connectivity index (χ1) is 13.1. The molecule has 0 aliphatic carbocycles. The average Bonchev–Trinajstić information content (AvgIpc) is 3.17. The van der Waals surface area contributed by atoms with E-state index in [-0.39, 0.29) is 17.7 Å². The molecule has 7 heteroatoms. The van der Waals surface area contributed by atoms with Crippen molar-refractivity contribution in [2.24, 2.45) is 0 Å². The quantitative estimate of drug-likeness (QED) is 0.844. The van der Waals surface area contributed by atoms with Gasteiger partial charge in [-0.1, -0.05) is 37.2 Å². The molecule has 3 rings (SSSR count). The summed E-state index contributed by atoms with van der Waals surface area (Å²) in [6.07, 6.45) is 3.02. The van der Waals surface area contributed by atoms with Crippen molar-refractivity contribution >= 4 is 11.8 Å². The van der Waals surface area contributed by atoms with Crippen molar-refractivity contribution in [2.45, 2.75) is 51.5 Å². The van der Waals surface area contributed by atoms with E-state index in [2.05, 4.69) is 15.5 Å². The molecule has 2 heterocycles. The number of piperidine rings is 1. The molecule has 0 spiro atoms. The molecule has 27 heavy (non-hydrogen) atoms. The molecule has 1 aromatic carbocycles. The van der Waals surface area contributed by atoms with Gasteiger partial charge in [-0.15, -0.1) is 0 Å². The van der Waals surface area contributed by atoms with Crippen molar-refractivity contribution in [1.82, 2.24) is 20.4 Å². The molecule has 1 aliphatic heterocycles. The molecular formula is C20H26N4O3. The van der Waals surface area contributed by atoms with Gasteiger partial charge in [0.2, 0.25) is 11.8 Å². The highest BCUT2D eigenvalue weighted by molar-refractivity contribution is 5.97. The first kappa shape index (κ1) is 19.1. The Bertz CT molecular complexity index is 773. The van der Waals surface area contributed by atoms with E-state index in [1.54, 1.807) is 17.0 Å². The van der Waals surface area contributed by atoms with Gasteiger partial charge in [-0.05, 0) is 31.4 Å². The molecule has 1 saturated heterocycles. The monoisotopic (exact) mass is 370 g/mol. The predicted octanol–water partition coefficient (Wildman–Crippen LogP) is 2.55. The van der Waals surface area contributed by atoms with Crippen LogP contribution in [0.5, 0.6) is 0 Å². The maximum atomic E-state index is 12.8. The van der Waals surface area contributed by atoms with Crippen molar-refractivity contribution in [3.63, 3.8) is 0 Å². The third-order valence-corrected chi connectivity index (χ3v) is 4.73. The Morgan fingerprint density at radius 2 is 2.04 bits per heavy atom. The summed E-state index contributed by atoms with van der Waals surface area (Å²) in [5, 5.41) is 6.84. The van der Waals surface area contributed by atoms with Gasteiger partial charge in [0.15, 0.2) is 5.82 Å². The number of nitrogens with one attached hydrogen (secondary N) is 1. The Kier molecular flexibility index (Phi) is 6.21. The van der Waals surface area contributed by atoms with Crippen LogP contribution in [0.15, 0.2) is 34.9 Å². The number of hydrogen-bond donors (Lipinski definition) is 1. The van der Waals surface area contributed by atoms with Crippen LogP contribution >= 0.6 is 0 Å². The fourth-order valence-corrected chi connectivity index (χ4v) is 3.21. The Morgan fingerprint density at radius 1 is 1.26 bits per heavy atom. The van der Waals surface area contributed by atoms with E-state index < -0.39 is 6.04 Å². The van der Waals surface area contributed by atoms with Crippen LogP contribution in [0, 0.1) is 0 Å². The lowest BCUT2D eigenvalue weighted by Crippen LogP contribution is -2.52. The summed E-state index contributed by atoms with van der Waals surface area (Å²) in [4.78, 5) is 31.5. The summed E-state index contributed by atoms with van der Waals surface area (Å²) >= 11 is 0. The van der Waals surface area contributed by atoms with E-state index in [1.807, 2.05) is 32.0 Å². The van der Waals surface area contributed by atoms with Crippen LogP contribution in [0.1, 0.15) is 61.1 Å². The second-order valence-electron chi connectivity index (χ2n) is 7.12. The minimum absolute atomic E-state index is 0.0890. The summed E-state index contributed by atoms with van der Waals surface area (Å²) < 4.78 is 5.19. The van der Waals surface area contributed by atoms with Crippen molar-refractivity contribution in [3.8, 4) is 0 Å². The number of hydrogen-bond acceptors (Lipinski definition) is 5. The SMILES string of the molecule is CC(C)c1noc(CCNC(=O)[C@@H]2CCCCN2C(=O)c2ccccc2)n1. The number of carbonyl (C=O) groups excluding carboxylic acids is 2. The number of aromatic nitrogens is 2. The molecule has 1 atom stereocenters. The topological polar surface area (TPSA) is 88.3 Å². The Morgan fingerprint density at radius 3 is 2.74 bits per heavy atom. The summed E-state index contributed by atoms with van der Waals surface area (Å²) in [5.41, 5.74) is 0.615. The summed E-state index contributed by atoms with van der Waals surface area (Å²) in [6.45, 7) is 5.01. The molecule has 0 radical (unpaired) electrons. The third-order valence-electron chi connectivity index (χ3n) is 4.73. The molecule has 0 bridgehead atoms. The highest BCUT2D eigenvalue weighted by atomic mass is 16.5. The first-order valence-electron chi connectivity index (χ1n) is 9.52. The van der Waals surface area contributed by atoms with Crippen LogP contribution in [0.3, 0.4) is 0 Å². The van der Waals surface area contributed by atoms with Crippen LogP contribution in [0.2, 0.25) is 0 Å². The Labute approximate surface area is 159 Å². The van der Waals surface area contributed by atoms with Gasteiger partial charge in [0.05, 0.1) is 0 Å². The molecule has 0 unspecified atom stereocenters. The van der Waals surface area contributed by atoms with Gasteiger partial charge in [-0.2, -0.15) is 4.98 Å². The molecule has 1 aliphatic rings. The Balaban J connectivity index is 1.57. The molecule has 1 fully saturated rings. The average molecular weight is 370 g/mol. The molecule has 144 valence electrons. The van der Waals surface area contributed by atoms with E-state index in [4.69, 9.17) is 4.52 Å². The normalized spacial score (nSPS) is 17.1. The first-order valence-corrected chi connectivity index (χ1v) is 9.52. The van der Waals surface area contributed by atoms with E-state index in [1.165, 1.54) is 0 Å².